The summed E-state index contributed by atoms with van der Waals surface area (Å²) in [6, 6.07) is 0. The molecule has 0 aromatic carbocycles. The summed E-state index contributed by atoms with van der Waals surface area (Å²) < 4.78 is 0. The molecule has 92 valence electrons. The molecule has 0 aliphatic heterocycles. The Morgan fingerprint density at radius 1 is 0.471 bits per heavy atom. The van der Waals surface area contributed by atoms with E-state index in [9.17, 15) is 0 Å². The molecule has 0 amide bonds. The van der Waals surface area contributed by atoms with E-state index in [1.165, 1.54) is 0 Å². The largest absolute Gasteiger partial charge is 3.00 e. The van der Waals surface area contributed by atoms with E-state index in [1.807, 2.05) is 0 Å². The van der Waals surface area contributed by atoms with Gasteiger partial charge in [-0.05, 0) is 0 Å². The van der Waals surface area contributed by atoms with Crippen LogP contribution in [0.2, 0.25) is 0 Å². The molecule has 0 aromatic rings. The van der Waals surface area contributed by atoms with Crippen molar-refractivity contribution in [2.75, 3.05) is 0 Å². The van der Waals surface area contributed by atoms with Crippen LogP contribution >= 0.6 is 0 Å². The molecule has 0 fully saturated rings. The smallest absolute Gasteiger partial charge is 0.444 e. The molecule has 0 unspecified atom stereocenters. The first-order chi connectivity index (χ1) is 7.07. The van der Waals surface area contributed by atoms with Gasteiger partial charge in [-0.3, -0.25) is 0 Å². The van der Waals surface area contributed by atoms with E-state index in [2.05, 4.69) is 0 Å². The summed E-state index contributed by atoms with van der Waals surface area (Å²) in [5.41, 5.74) is 0. The molecule has 0 aromatic heterocycles. The third kappa shape index (κ3) is 3330. The van der Waals surface area contributed by atoms with E-state index in [0.717, 1.165) is 26.7 Å². The summed E-state index contributed by atoms with van der Waals surface area (Å²) in [7, 11) is 0. The second kappa shape index (κ2) is 178. The summed E-state index contributed by atoms with van der Waals surface area (Å²) in [5, 5.41) is 45.0. The van der Waals surface area contributed by atoms with E-state index >= 15 is 0 Å². The molecule has 0 rings (SSSR count). The van der Waals surface area contributed by atoms with E-state index in [1.54, 1.807) is 0 Å². The first-order valence-corrected chi connectivity index (χ1v) is 1.83. The summed E-state index contributed by atoms with van der Waals surface area (Å²) in [6.45, 7) is 0. The van der Waals surface area contributed by atoms with Crippen LogP contribution in [0, 0.1) is 86.2 Å². The molecule has 0 aliphatic rings. The normalized spacial score (nSPS) is 3.53. The fraction of sp³-hybridized carbons (Fsp3) is 0. The topological polar surface area (TPSA) is 262 Å². The van der Waals surface area contributed by atoms with Gasteiger partial charge in [-0.2, -0.15) is 0 Å². The van der Waals surface area contributed by atoms with Crippen molar-refractivity contribution < 1.29 is 35.6 Å². The average Bonchev–Trinajstić information content (AvgIpc) is 2.09. The van der Waals surface area contributed by atoms with Crippen molar-refractivity contribution in [2.45, 2.75) is 0 Å². The molecule has 0 bridgehead atoms. The molecule has 0 saturated carbocycles. The fourth-order valence-corrected chi connectivity index (χ4v) is 0. The molecule has 2 radical (unpaired) electrons. The van der Waals surface area contributed by atoms with Crippen LogP contribution in [0.15, 0.2) is 26.7 Å². The van der Waals surface area contributed by atoms with Gasteiger partial charge >= 0.3 is 62.9 Å². The summed E-state index contributed by atoms with van der Waals surface area (Å²) >= 11 is 0. The first kappa shape index (κ1) is 44.3. The summed E-state index contributed by atoms with van der Waals surface area (Å²) in [4.78, 5) is 40.0. The Bertz CT molecular complexity index is 97.0. The zero-order valence-electron chi connectivity index (χ0n) is 7.40. The molecule has 15 nitrogen and oxygen atoms in total. The fourth-order valence-electron chi connectivity index (χ4n) is 0. The monoisotopic (exact) mass is 577 g/mol. The van der Waals surface area contributed by atoms with Crippen LogP contribution in [-0.2, 0) is 0 Å². The molecule has 17 heavy (non-hydrogen) atoms. The van der Waals surface area contributed by atoms with Crippen LogP contribution in [0.5, 0.6) is 0 Å². The van der Waals surface area contributed by atoms with E-state index in [-0.39, 0.29) is 62.9 Å². The van der Waals surface area contributed by atoms with Crippen molar-refractivity contribution in [3.05, 3.63) is 50.6 Å². The zero-order chi connectivity index (χ0) is 13.5. The van der Waals surface area contributed by atoms with Gasteiger partial charge in [0.1, 0.15) is 0 Å². The van der Waals surface area contributed by atoms with Gasteiger partial charge in [0.2, 0.25) is 0 Å². The predicted molar refractivity (Wildman–Crippen MR) is 51.6 cm³/mol. The van der Waals surface area contributed by atoms with Crippen molar-refractivity contribution in [3.63, 3.8) is 0 Å². The standard InChI is InChI=1S/La.5HNO2.Pb/c;5*2-1-3;/h;5*(H,2,3);/q+3;;;;;;+2/p-5. The van der Waals surface area contributed by atoms with Crippen molar-refractivity contribution in [2.24, 2.45) is 26.7 Å². The van der Waals surface area contributed by atoms with Crippen LogP contribution < -0.4 is 0 Å². The van der Waals surface area contributed by atoms with Crippen LogP contribution in [0.3, 0.4) is 0 Å². The van der Waals surface area contributed by atoms with Crippen molar-refractivity contribution in [1.29, 1.82) is 0 Å². The third-order valence-corrected chi connectivity index (χ3v) is 0. The Balaban J connectivity index is -0.0000000143. The summed E-state index contributed by atoms with van der Waals surface area (Å²) in [5.74, 6) is 0. The van der Waals surface area contributed by atoms with Crippen LogP contribution in [0.25, 0.3) is 0 Å². The van der Waals surface area contributed by atoms with Gasteiger partial charge in [0.15, 0.2) is 0 Å². The van der Waals surface area contributed by atoms with Gasteiger partial charge in [-0.1, -0.05) is 0 Å². The molecular formula is LaN5O10Pb. The molecule has 0 aliphatic carbocycles. The van der Waals surface area contributed by atoms with Gasteiger partial charge in [0, 0.05) is 0 Å². The molecule has 0 N–H and O–H groups in total. The van der Waals surface area contributed by atoms with Crippen LogP contribution in [0.1, 0.15) is 0 Å². The minimum atomic E-state index is 0. The Morgan fingerprint density at radius 2 is 0.471 bits per heavy atom. The average molecular weight is 576 g/mol. The number of nitrogens with zero attached hydrogens (tertiary/aromatic N) is 5. The predicted octanol–water partition coefficient (Wildman–Crippen LogP) is 0.872. The van der Waals surface area contributed by atoms with Crippen molar-refractivity contribution >= 4 is 27.3 Å². The molecule has 17 heteroatoms. The van der Waals surface area contributed by atoms with Crippen LogP contribution in [0.4, 0.5) is 0 Å². The third-order valence-electron chi connectivity index (χ3n) is 0. The second-order valence-electron chi connectivity index (χ2n) is 0.373. The van der Waals surface area contributed by atoms with Crippen LogP contribution in [-0.4, -0.2) is 27.3 Å². The Labute approximate surface area is 139 Å². The molecule has 0 atom stereocenters. The quantitative estimate of drug-likeness (QED) is 0.223. The Kier molecular flexibility index (Phi) is 463. The SMILES string of the molecule is O=N[O-].O=N[O-].O=N[O-].O=N[O-].O=N[O-].[La+3].[Pb+2]. The minimum absolute atomic E-state index is 0. The maximum absolute atomic E-state index is 8.00. The van der Waals surface area contributed by atoms with Crippen molar-refractivity contribution in [1.82, 2.24) is 0 Å². The van der Waals surface area contributed by atoms with Gasteiger partial charge in [-0.25, -0.2) is 0 Å². The van der Waals surface area contributed by atoms with E-state index in [4.69, 9.17) is 50.6 Å². The van der Waals surface area contributed by atoms with Gasteiger partial charge < -0.3 is 50.6 Å². The van der Waals surface area contributed by atoms with E-state index in [0.29, 0.717) is 0 Å². The number of hydrogen-bond acceptors (Lipinski definition) is 15. The second-order valence-corrected chi connectivity index (χ2v) is 0.373. The number of hydrogen-bond donors (Lipinski definition) is 0. The van der Waals surface area contributed by atoms with Gasteiger partial charge in [0.25, 0.3) is 0 Å². The zero-order valence-corrected chi connectivity index (χ0v) is 14.9. The minimum Gasteiger partial charge on any atom is -0.444 e. The first-order valence-electron chi connectivity index (χ1n) is 1.83. The van der Waals surface area contributed by atoms with E-state index < -0.39 is 0 Å². The van der Waals surface area contributed by atoms with Gasteiger partial charge in [-0.15, -0.1) is 26.7 Å². The Morgan fingerprint density at radius 3 is 0.471 bits per heavy atom. The maximum atomic E-state index is 8.00. The van der Waals surface area contributed by atoms with Gasteiger partial charge in [0.05, 0.1) is 0 Å². The molecular weight excluding hydrogens is 576 g/mol. The maximum Gasteiger partial charge on any atom is 3.00 e. The van der Waals surface area contributed by atoms with Crippen molar-refractivity contribution in [3.8, 4) is 0 Å². The molecule has 0 heterocycles. The molecule has 0 spiro atoms. The molecule has 0 saturated heterocycles. The number of rotatable bonds is 0. The Hall–Kier alpha value is -0.883. The summed E-state index contributed by atoms with van der Waals surface area (Å²) in [6.07, 6.45) is 0.